The van der Waals surface area contributed by atoms with E-state index < -0.39 is 11.8 Å². The lowest BCUT2D eigenvalue weighted by Crippen LogP contribution is -2.44. The van der Waals surface area contributed by atoms with Gasteiger partial charge in [-0.25, -0.2) is 9.18 Å². The van der Waals surface area contributed by atoms with Gasteiger partial charge in [-0.1, -0.05) is 19.3 Å². The number of aromatic nitrogens is 1. The number of esters is 1. The molecule has 32 heavy (non-hydrogen) atoms. The zero-order chi connectivity index (χ0) is 23.4. The molecule has 0 N–H and O–H groups in total. The van der Waals surface area contributed by atoms with Crippen molar-refractivity contribution in [1.82, 2.24) is 9.47 Å². The summed E-state index contributed by atoms with van der Waals surface area (Å²) in [5.74, 6) is -1.38. The van der Waals surface area contributed by atoms with Crippen molar-refractivity contribution in [2.45, 2.75) is 65.5 Å². The Kier molecular flexibility index (Phi) is 7.48. The molecule has 0 spiro atoms. The fourth-order valence-corrected chi connectivity index (χ4v) is 4.81. The number of benzene rings is 1. The van der Waals surface area contributed by atoms with Crippen molar-refractivity contribution in [3.05, 3.63) is 58.2 Å². The minimum Gasteiger partial charge on any atom is -0.464 e. The minimum absolute atomic E-state index is 0.0424. The van der Waals surface area contributed by atoms with E-state index in [4.69, 9.17) is 4.74 Å². The number of methoxy groups -OCH3 is 1. The molecule has 1 saturated carbocycles. The Labute approximate surface area is 188 Å². The van der Waals surface area contributed by atoms with Crippen LogP contribution in [0.1, 0.15) is 81.5 Å². The smallest absolute Gasteiger partial charge is 0.354 e. The molecule has 0 saturated heterocycles. The molecule has 2 aromatic rings. The van der Waals surface area contributed by atoms with Gasteiger partial charge in [-0.15, -0.1) is 0 Å². The van der Waals surface area contributed by atoms with Crippen molar-refractivity contribution in [3.8, 4) is 0 Å². The van der Waals surface area contributed by atoms with Crippen molar-refractivity contribution in [2.24, 2.45) is 0 Å². The fraction of sp³-hybridized carbons (Fsp3) is 0.480. The third-order valence-corrected chi connectivity index (χ3v) is 6.42. The maximum Gasteiger partial charge on any atom is 0.354 e. The number of carbonyl (C=O) groups is 3. The summed E-state index contributed by atoms with van der Waals surface area (Å²) in [4.78, 5) is 40.8. The molecule has 0 bridgehead atoms. The zero-order valence-electron chi connectivity index (χ0n) is 19.2. The average Bonchev–Trinajstić information content (AvgIpc) is 3.06. The number of halogens is 1. The summed E-state index contributed by atoms with van der Waals surface area (Å²) in [6.45, 7) is 5.88. The molecule has 1 heterocycles. The highest BCUT2D eigenvalue weighted by molar-refractivity contribution is 6.06. The average molecular weight is 443 g/mol. The summed E-state index contributed by atoms with van der Waals surface area (Å²) in [5, 5.41) is 0. The molecule has 0 aliphatic heterocycles. The Morgan fingerprint density at radius 1 is 1.09 bits per heavy atom. The van der Waals surface area contributed by atoms with Gasteiger partial charge < -0.3 is 14.2 Å². The van der Waals surface area contributed by atoms with E-state index in [-0.39, 0.29) is 24.3 Å². The standard InChI is InChI=1S/C25H31FN2O4/c1-5-27-17(3)22(16(2)23(27)25(31)32-4)21(29)15-28(20-9-7-6-8-10-20)24(30)18-11-13-19(26)14-12-18/h11-14,20H,5-10,15H2,1-4H3. The summed E-state index contributed by atoms with van der Waals surface area (Å²) in [6, 6.07) is 5.38. The van der Waals surface area contributed by atoms with Gasteiger partial charge in [-0.3, -0.25) is 9.59 Å². The van der Waals surface area contributed by atoms with Crippen LogP contribution in [0.4, 0.5) is 4.39 Å². The first-order chi connectivity index (χ1) is 15.3. The number of hydrogen-bond donors (Lipinski definition) is 0. The molecule has 0 unspecified atom stereocenters. The Balaban J connectivity index is 1.97. The van der Waals surface area contributed by atoms with Crippen LogP contribution in [0.5, 0.6) is 0 Å². The van der Waals surface area contributed by atoms with Crippen LogP contribution in [0.15, 0.2) is 24.3 Å². The molecule has 1 amide bonds. The molecule has 7 heteroatoms. The van der Waals surface area contributed by atoms with E-state index in [1.165, 1.54) is 31.4 Å². The van der Waals surface area contributed by atoms with Crippen molar-refractivity contribution in [2.75, 3.05) is 13.7 Å². The third-order valence-electron chi connectivity index (χ3n) is 6.42. The zero-order valence-corrected chi connectivity index (χ0v) is 19.2. The molecule has 1 aromatic carbocycles. The number of Topliss-reactive ketones (excluding diaryl/α,β-unsaturated/α-hetero) is 1. The topological polar surface area (TPSA) is 68.6 Å². The lowest BCUT2D eigenvalue weighted by Gasteiger charge is -2.34. The number of amides is 1. The van der Waals surface area contributed by atoms with Gasteiger partial charge in [0.1, 0.15) is 11.5 Å². The monoisotopic (exact) mass is 442 g/mol. The maximum absolute atomic E-state index is 13.5. The van der Waals surface area contributed by atoms with E-state index in [1.54, 1.807) is 16.4 Å². The second kappa shape index (κ2) is 10.1. The van der Waals surface area contributed by atoms with Crippen LogP contribution in [0.25, 0.3) is 0 Å². The summed E-state index contributed by atoms with van der Waals surface area (Å²) in [7, 11) is 1.32. The van der Waals surface area contributed by atoms with Crippen molar-refractivity contribution in [1.29, 1.82) is 0 Å². The molecule has 0 radical (unpaired) electrons. The molecule has 1 aliphatic rings. The quantitative estimate of drug-likeness (QED) is 0.460. The number of hydrogen-bond acceptors (Lipinski definition) is 4. The van der Waals surface area contributed by atoms with Crippen LogP contribution in [0, 0.1) is 19.7 Å². The molecule has 0 atom stereocenters. The lowest BCUT2D eigenvalue weighted by molar-refractivity contribution is 0.0584. The van der Waals surface area contributed by atoms with Crippen molar-refractivity contribution < 1.29 is 23.5 Å². The Hall–Kier alpha value is -2.96. The fourth-order valence-electron chi connectivity index (χ4n) is 4.81. The molecule has 6 nitrogen and oxygen atoms in total. The van der Waals surface area contributed by atoms with Crippen LogP contribution in [0.3, 0.4) is 0 Å². The first-order valence-electron chi connectivity index (χ1n) is 11.2. The molecule has 172 valence electrons. The molecular formula is C25H31FN2O4. The van der Waals surface area contributed by atoms with E-state index in [0.29, 0.717) is 34.6 Å². The van der Waals surface area contributed by atoms with Crippen LogP contribution >= 0.6 is 0 Å². The highest BCUT2D eigenvalue weighted by Gasteiger charge is 2.32. The van der Waals surface area contributed by atoms with E-state index in [9.17, 15) is 18.8 Å². The number of ether oxygens (including phenoxy) is 1. The number of carbonyl (C=O) groups excluding carboxylic acids is 3. The summed E-state index contributed by atoms with van der Waals surface area (Å²) in [5.41, 5.74) is 2.44. The van der Waals surface area contributed by atoms with Gasteiger partial charge >= 0.3 is 5.97 Å². The Morgan fingerprint density at radius 3 is 2.28 bits per heavy atom. The van der Waals surface area contributed by atoms with Gasteiger partial charge in [0, 0.05) is 29.4 Å². The third kappa shape index (κ3) is 4.61. The van der Waals surface area contributed by atoms with Gasteiger partial charge in [0.15, 0.2) is 5.78 Å². The van der Waals surface area contributed by atoms with Gasteiger partial charge in [0.25, 0.3) is 5.91 Å². The van der Waals surface area contributed by atoms with Crippen LogP contribution in [-0.2, 0) is 11.3 Å². The summed E-state index contributed by atoms with van der Waals surface area (Å²) in [6.07, 6.45) is 4.79. The number of nitrogens with zero attached hydrogens (tertiary/aromatic N) is 2. The van der Waals surface area contributed by atoms with E-state index in [0.717, 1.165) is 32.1 Å². The van der Waals surface area contributed by atoms with Gasteiger partial charge in [-0.05, 0) is 63.4 Å². The minimum atomic E-state index is -0.488. The van der Waals surface area contributed by atoms with Gasteiger partial charge in [0.2, 0.25) is 0 Å². The second-order valence-corrected chi connectivity index (χ2v) is 8.32. The Bertz CT molecular complexity index is 1000. The molecule has 1 fully saturated rings. The highest BCUT2D eigenvalue weighted by Crippen LogP contribution is 2.27. The van der Waals surface area contributed by atoms with E-state index >= 15 is 0 Å². The lowest BCUT2D eigenvalue weighted by atomic mass is 9.93. The normalized spacial score (nSPS) is 14.3. The SMILES string of the molecule is CCn1c(C)c(C(=O)CN(C(=O)c2ccc(F)cc2)C2CCCCC2)c(C)c1C(=O)OC. The van der Waals surface area contributed by atoms with Crippen molar-refractivity contribution >= 4 is 17.7 Å². The van der Waals surface area contributed by atoms with E-state index in [1.807, 2.05) is 13.8 Å². The Morgan fingerprint density at radius 2 is 1.72 bits per heavy atom. The maximum atomic E-state index is 13.5. The first-order valence-corrected chi connectivity index (χ1v) is 11.2. The first kappa shape index (κ1) is 23.7. The molecule has 1 aromatic heterocycles. The number of ketones is 1. The summed E-state index contributed by atoms with van der Waals surface area (Å²) >= 11 is 0. The predicted octanol–water partition coefficient (Wildman–Crippen LogP) is 4.71. The predicted molar refractivity (Wildman–Crippen MR) is 120 cm³/mol. The molecular weight excluding hydrogens is 411 g/mol. The van der Waals surface area contributed by atoms with Gasteiger partial charge in [0.05, 0.1) is 13.7 Å². The summed E-state index contributed by atoms with van der Waals surface area (Å²) < 4.78 is 20.1. The molecule has 1 aliphatic carbocycles. The van der Waals surface area contributed by atoms with Crippen LogP contribution in [-0.4, -0.2) is 46.8 Å². The largest absolute Gasteiger partial charge is 0.464 e. The van der Waals surface area contributed by atoms with Gasteiger partial charge in [-0.2, -0.15) is 0 Å². The van der Waals surface area contributed by atoms with E-state index in [2.05, 4.69) is 0 Å². The number of rotatable bonds is 7. The van der Waals surface area contributed by atoms with Crippen molar-refractivity contribution in [3.63, 3.8) is 0 Å². The van der Waals surface area contributed by atoms with Crippen LogP contribution in [0.2, 0.25) is 0 Å². The molecule has 3 rings (SSSR count). The second-order valence-electron chi connectivity index (χ2n) is 8.32. The van der Waals surface area contributed by atoms with Crippen LogP contribution < -0.4 is 0 Å². The highest BCUT2D eigenvalue weighted by atomic mass is 19.1.